The Morgan fingerprint density at radius 2 is 1.63 bits per heavy atom. The van der Waals surface area contributed by atoms with E-state index in [2.05, 4.69) is 55.5 Å². The summed E-state index contributed by atoms with van der Waals surface area (Å²) >= 11 is 7.31. The summed E-state index contributed by atoms with van der Waals surface area (Å²) in [4.78, 5) is 19.1. The lowest BCUT2D eigenvalue weighted by atomic mass is 9.76. The SMILES string of the molecule is Cc1c(Br)cc2c(c1Br)OCC(CN1CCCC(C)C1)(CN1CCCC(C)C1)C2=O. The number of rotatable bonds is 4. The molecule has 3 aliphatic rings. The minimum Gasteiger partial charge on any atom is -0.490 e. The first-order chi connectivity index (χ1) is 14.3. The number of likely N-dealkylation sites (tertiary alicyclic amines) is 2. The summed E-state index contributed by atoms with van der Waals surface area (Å²) in [6.45, 7) is 13.1. The van der Waals surface area contributed by atoms with Crippen LogP contribution in [-0.2, 0) is 0 Å². The molecule has 2 unspecified atom stereocenters. The minimum absolute atomic E-state index is 0.251. The van der Waals surface area contributed by atoms with Gasteiger partial charge in [0.1, 0.15) is 12.4 Å². The largest absolute Gasteiger partial charge is 0.490 e. The van der Waals surface area contributed by atoms with Crippen LogP contribution in [0.5, 0.6) is 5.75 Å². The Hall–Kier alpha value is -0.430. The third-order valence-electron chi connectivity index (χ3n) is 7.16. The number of hydrogen-bond donors (Lipinski definition) is 0. The summed E-state index contributed by atoms with van der Waals surface area (Å²) < 4.78 is 8.22. The van der Waals surface area contributed by atoms with Crippen LogP contribution in [-0.4, -0.2) is 61.5 Å². The average Bonchev–Trinajstić information content (AvgIpc) is 2.69. The number of ketones is 1. The first kappa shape index (κ1) is 22.8. The van der Waals surface area contributed by atoms with Gasteiger partial charge in [-0.1, -0.05) is 29.8 Å². The zero-order valence-electron chi connectivity index (χ0n) is 18.5. The molecule has 1 aromatic carbocycles. The molecule has 0 aromatic heterocycles. The fourth-order valence-corrected chi connectivity index (χ4v) is 6.80. The molecule has 2 saturated heterocycles. The predicted octanol–water partition coefficient (Wildman–Crippen LogP) is 5.55. The van der Waals surface area contributed by atoms with Crippen molar-refractivity contribution in [1.29, 1.82) is 0 Å². The van der Waals surface area contributed by atoms with Gasteiger partial charge in [0.05, 0.1) is 15.5 Å². The monoisotopic (exact) mass is 540 g/mol. The second kappa shape index (κ2) is 9.21. The number of ether oxygens (including phenoxy) is 1. The lowest BCUT2D eigenvalue weighted by Crippen LogP contribution is -2.57. The molecule has 0 radical (unpaired) electrons. The highest BCUT2D eigenvalue weighted by molar-refractivity contribution is 9.11. The van der Waals surface area contributed by atoms with Crippen LogP contribution in [0.15, 0.2) is 15.0 Å². The first-order valence-corrected chi connectivity index (χ1v) is 13.0. The molecule has 0 bridgehead atoms. The van der Waals surface area contributed by atoms with E-state index in [1.807, 2.05) is 13.0 Å². The van der Waals surface area contributed by atoms with E-state index in [0.29, 0.717) is 18.4 Å². The standard InChI is InChI=1S/C24H34Br2N2O2/c1-16-6-4-8-27(11-16)13-24(14-28-9-5-7-17(2)12-28)15-30-22-19(23(24)29)10-20(25)18(3)21(22)26/h10,16-17H,4-9,11-15H2,1-3H3. The van der Waals surface area contributed by atoms with Gasteiger partial charge >= 0.3 is 0 Å². The Morgan fingerprint density at radius 1 is 1.07 bits per heavy atom. The highest BCUT2D eigenvalue weighted by Crippen LogP contribution is 2.44. The van der Waals surface area contributed by atoms with Gasteiger partial charge in [0.25, 0.3) is 0 Å². The Labute approximate surface area is 198 Å². The average molecular weight is 542 g/mol. The smallest absolute Gasteiger partial charge is 0.178 e. The molecule has 3 heterocycles. The van der Waals surface area contributed by atoms with E-state index in [1.165, 1.54) is 25.7 Å². The number of carbonyl (C=O) groups excluding carboxylic acids is 1. The van der Waals surface area contributed by atoms with Crippen LogP contribution in [0.4, 0.5) is 0 Å². The molecule has 0 saturated carbocycles. The van der Waals surface area contributed by atoms with Crippen LogP contribution >= 0.6 is 31.9 Å². The summed E-state index contributed by atoms with van der Waals surface area (Å²) in [5, 5.41) is 0. The molecule has 4 rings (SSSR count). The van der Waals surface area contributed by atoms with Gasteiger partial charge in [-0.15, -0.1) is 0 Å². The summed E-state index contributed by atoms with van der Waals surface area (Å²) in [5.74, 6) is 2.37. The van der Waals surface area contributed by atoms with Crippen molar-refractivity contribution >= 4 is 37.6 Å². The van der Waals surface area contributed by atoms with E-state index < -0.39 is 5.41 Å². The van der Waals surface area contributed by atoms with E-state index in [9.17, 15) is 4.79 Å². The molecule has 4 nitrogen and oxygen atoms in total. The van der Waals surface area contributed by atoms with Gasteiger partial charge in [-0.05, 0) is 85.1 Å². The molecule has 0 amide bonds. The van der Waals surface area contributed by atoms with Crippen LogP contribution in [0.1, 0.15) is 55.5 Å². The quantitative estimate of drug-likeness (QED) is 0.500. The van der Waals surface area contributed by atoms with Crippen molar-refractivity contribution in [2.24, 2.45) is 17.3 Å². The summed E-state index contributed by atoms with van der Waals surface area (Å²) in [7, 11) is 0. The van der Waals surface area contributed by atoms with E-state index in [4.69, 9.17) is 4.74 Å². The van der Waals surface area contributed by atoms with Crippen molar-refractivity contribution in [3.05, 3.63) is 26.1 Å². The number of halogens is 2. The van der Waals surface area contributed by atoms with Gasteiger partial charge in [0.15, 0.2) is 5.78 Å². The van der Waals surface area contributed by atoms with Gasteiger partial charge in [-0.3, -0.25) is 4.79 Å². The van der Waals surface area contributed by atoms with Gasteiger partial charge in [-0.25, -0.2) is 0 Å². The zero-order chi connectivity index (χ0) is 21.5. The molecule has 0 N–H and O–H groups in total. The summed E-state index contributed by atoms with van der Waals surface area (Å²) in [6.07, 6.45) is 5.03. The van der Waals surface area contributed by atoms with Crippen LogP contribution < -0.4 is 4.74 Å². The number of benzene rings is 1. The maximum atomic E-state index is 14.1. The zero-order valence-corrected chi connectivity index (χ0v) is 21.6. The Kier molecular flexibility index (Phi) is 6.98. The van der Waals surface area contributed by atoms with Crippen molar-refractivity contribution < 1.29 is 9.53 Å². The van der Waals surface area contributed by atoms with Gasteiger partial charge < -0.3 is 14.5 Å². The lowest BCUT2D eigenvalue weighted by Gasteiger charge is -2.45. The molecule has 2 atom stereocenters. The van der Waals surface area contributed by atoms with Crippen molar-refractivity contribution in [3.63, 3.8) is 0 Å². The van der Waals surface area contributed by atoms with E-state index in [-0.39, 0.29) is 5.78 Å². The molecule has 6 heteroatoms. The topological polar surface area (TPSA) is 32.8 Å². The molecule has 0 aliphatic carbocycles. The molecule has 0 spiro atoms. The number of hydrogen-bond acceptors (Lipinski definition) is 4. The Bertz CT molecular complexity index is 789. The van der Waals surface area contributed by atoms with Gasteiger partial charge in [0.2, 0.25) is 0 Å². The fourth-order valence-electron chi connectivity index (χ4n) is 5.57. The van der Waals surface area contributed by atoms with Crippen LogP contribution in [0.25, 0.3) is 0 Å². The minimum atomic E-state index is -0.505. The molecule has 3 aliphatic heterocycles. The molecule has 1 aromatic rings. The normalized spacial score (nSPS) is 30.8. The Morgan fingerprint density at radius 3 is 2.17 bits per heavy atom. The number of nitrogens with zero attached hydrogens (tertiary/aromatic N) is 2. The second-order valence-electron chi connectivity index (χ2n) is 10.0. The van der Waals surface area contributed by atoms with Crippen molar-refractivity contribution in [2.45, 2.75) is 46.5 Å². The maximum Gasteiger partial charge on any atom is 0.178 e. The number of carbonyl (C=O) groups is 1. The van der Waals surface area contributed by atoms with Gasteiger partial charge in [0, 0.05) is 30.7 Å². The van der Waals surface area contributed by atoms with E-state index >= 15 is 0 Å². The maximum absolute atomic E-state index is 14.1. The van der Waals surface area contributed by atoms with Gasteiger partial charge in [-0.2, -0.15) is 0 Å². The number of Topliss-reactive ketones (excluding diaryl/α,β-unsaturated/α-hetero) is 1. The molecule has 30 heavy (non-hydrogen) atoms. The summed E-state index contributed by atoms with van der Waals surface area (Å²) in [6, 6.07) is 1.98. The number of piperidine rings is 2. The third kappa shape index (κ3) is 4.53. The Balaban J connectivity index is 1.67. The van der Waals surface area contributed by atoms with E-state index in [0.717, 1.165) is 65.1 Å². The van der Waals surface area contributed by atoms with Crippen molar-refractivity contribution in [3.8, 4) is 5.75 Å². The molecule has 166 valence electrons. The van der Waals surface area contributed by atoms with Crippen molar-refractivity contribution in [1.82, 2.24) is 9.80 Å². The highest BCUT2D eigenvalue weighted by Gasteiger charge is 2.48. The van der Waals surface area contributed by atoms with Crippen LogP contribution in [0.3, 0.4) is 0 Å². The highest BCUT2D eigenvalue weighted by atomic mass is 79.9. The second-order valence-corrected chi connectivity index (χ2v) is 11.7. The lowest BCUT2D eigenvalue weighted by molar-refractivity contribution is 0.0162. The molecular weight excluding hydrogens is 508 g/mol. The number of fused-ring (bicyclic) bond motifs is 1. The summed E-state index contributed by atoms with van der Waals surface area (Å²) in [5.41, 5.74) is 1.29. The van der Waals surface area contributed by atoms with Crippen molar-refractivity contribution in [2.75, 3.05) is 45.9 Å². The predicted molar refractivity (Wildman–Crippen MR) is 129 cm³/mol. The third-order valence-corrected chi connectivity index (χ3v) is 8.93. The fraction of sp³-hybridized carbons (Fsp3) is 0.708. The first-order valence-electron chi connectivity index (χ1n) is 11.4. The molecule has 2 fully saturated rings. The van der Waals surface area contributed by atoms with Crippen LogP contribution in [0, 0.1) is 24.2 Å². The van der Waals surface area contributed by atoms with Crippen LogP contribution in [0.2, 0.25) is 0 Å². The van der Waals surface area contributed by atoms with E-state index in [1.54, 1.807) is 0 Å². The molecular formula is C24H34Br2N2O2.